The molecular weight excluding hydrogens is 377 g/mol. The van der Waals surface area contributed by atoms with Gasteiger partial charge in [0.15, 0.2) is 0 Å². The van der Waals surface area contributed by atoms with Gasteiger partial charge in [-0.25, -0.2) is 13.1 Å². The highest BCUT2D eigenvalue weighted by molar-refractivity contribution is 8.24. The van der Waals surface area contributed by atoms with Gasteiger partial charge in [-0.2, -0.15) is 10.6 Å². The van der Waals surface area contributed by atoms with Crippen molar-refractivity contribution in [3.05, 3.63) is 24.3 Å². The van der Waals surface area contributed by atoms with Crippen LogP contribution in [0.5, 0.6) is 0 Å². The third-order valence-electron chi connectivity index (χ3n) is 5.30. The van der Waals surface area contributed by atoms with Gasteiger partial charge in [0.25, 0.3) is 0 Å². The molecule has 1 unspecified atom stereocenters. The van der Waals surface area contributed by atoms with Crippen LogP contribution in [0.25, 0.3) is 0 Å². The molecule has 2 fully saturated rings. The first-order chi connectivity index (χ1) is 11.8. The summed E-state index contributed by atoms with van der Waals surface area (Å²) in [6.45, 7) is 7.84. The number of benzene rings is 1. The minimum Gasteiger partial charge on any atom is -0.399 e. The smallest absolute Gasteiger partial charge is 0.399 e. The molecular formula is C16H26BNO6S2. The predicted molar refractivity (Wildman–Crippen MR) is 103 cm³/mol. The van der Waals surface area contributed by atoms with E-state index in [-0.39, 0.29) is 16.4 Å². The molecule has 0 saturated carbocycles. The van der Waals surface area contributed by atoms with E-state index in [1.165, 1.54) is 12.1 Å². The molecule has 146 valence electrons. The van der Waals surface area contributed by atoms with Crippen molar-refractivity contribution in [1.29, 1.82) is 0 Å². The van der Waals surface area contributed by atoms with Crippen molar-refractivity contribution in [2.45, 2.75) is 56.3 Å². The van der Waals surface area contributed by atoms with E-state index in [4.69, 9.17) is 9.31 Å². The number of hydrogen-bond acceptors (Lipinski definition) is 6. The average Bonchev–Trinajstić information content (AvgIpc) is 2.94. The first-order valence-electron chi connectivity index (χ1n) is 8.53. The molecule has 3 N–H and O–H groups in total. The van der Waals surface area contributed by atoms with Gasteiger partial charge in [0, 0.05) is 11.8 Å². The van der Waals surface area contributed by atoms with Crippen LogP contribution < -0.4 is 10.2 Å². The molecule has 2 saturated heterocycles. The summed E-state index contributed by atoms with van der Waals surface area (Å²) in [5.41, 5.74) is -0.177. The van der Waals surface area contributed by atoms with Crippen LogP contribution in [0.3, 0.4) is 0 Å². The highest BCUT2D eigenvalue weighted by Crippen LogP contribution is 2.45. The maximum Gasteiger partial charge on any atom is 0.494 e. The molecule has 2 heterocycles. The molecule has 2 aliphatic heterocycles. The molecule has 1 atom stereocenters. The van der Waals surface area contributed by atoms with E-state index in [9.17, 15) is 17.5 Å². The lowest BCUT2D eigenvalue weighted by atomic mass is 9.79. The van der Waals surface area contributed by atoms with Crippen molar-refractivity contribution in [2.75, 3.05) is 11.5 Å². The maximum atomic E-state index is 12.5. The van der Waals surface area contributed by atoms with E-state index in [1.54, 1.807) is 12.1 Å². The molecule has 7 nitrogen and oxygen atoms in total. The zero-order chi connectivity index (χ0) is 19.4. The van der Waals surface area contributed by atoms with Crippen LogP contribution >= 0.6 is 10.6 Å². The van der Waals surface area contributed by atoms with Crippen LogP contribution in [0, 0.1) is 0 Å². The van der Waals surface area contributed by atoms with Gasteiger partial charge in [-0.1, -0.05) is 12.1 Å². The third-order valence-corrected chi connectivity index (χ3v) is 8.66. The summed E-state index contributed by atoms with van der Waals surface area (Å²) in [5, 5.41) is 0. The molecule has 0 bridgehead atoms. The Morgan fingerprint density at radius 3 is 2.12 bits per heavy atom. The van der Waals surface area contributed by atoms with Crippen LogP contribution in [0.15, 0.2) is 29.2 Å². The van der Waals surface area contributed by atoms with E-state index in [0.717, 1.165) is 5.46 Å². The maximum absolute atomic E-state index is 12.5. The fourth-order valence-corrected chi connectivity index (χ4v) is 6.08. The normalized spacial score (nSPS) is 28.2. The van der Waals surface area contributed by atoms with E-state index < -0.39 is 45.0 Å². The van der Waals surface area contributed by atoms with Crippen molar-refractivity contribution in [3.63, 3.8) is 0 Å². The van der Waals surface area contributed by atoms with Crippen molar-refractivity contribution in [3.8, 4) is 0 Å². The Kier molecular flexibility index (Phi) is 5.01. The second-order valence-corrected chi connectivity index (χ2v) is 12.0. The van der Waals surface area contributed by atoms with Crippen molar-refractivity contribution in [2.24, 2.45) is 0 Å². The van der Waals surface area contributed by atoms with Crippen LogP contribution in [0.1, 0.15) is 34.1 Å². The summed E-state index contributed by atoms with van der Waals surface area (Å²) < 4.78 is 58.8. The lowest BCUT2D eigenvalue weighted by molar-refractivity contribution is 0.00578. The molecule has 3 rings (SSSR count). The second kappa shape index (κ2) is 6.47. The Labute approximate surface area is 157 Å². The van der Waals surface area contributed by atoms with E-state index >= 15 is 0 Å². The molecule has 10 heteroatoms. The Morgan fingerprint density at radius 1 is 1.12 bits per heavy atom. The Bertz CT molecular complexity index is 762. The van der Waals surface area contributed by atoms with Crippen molar-refractivity contribution < 1.29 is 26.8 Å². The molecule has 0 aromatic heterocycles. The highest BCUT2D eigenvalue weighted by Gasteiger charge is 2.51. The summed E-state index contributed by atoms with van der Waals surface area (Å²) in [7, 11) is -6.92. The predicted octanol–water partition coefficient (Wildman–Crippen LogP) is 1.79. The fraction of sp³-hybridized carbons (Fsp3) is 0.625. The minimum absolute atomic E-state index is 0.0677. The summed E-state index contributed by atoms with van der Waals surface area (Å²) in [6, 6.07) is 5.93. The number of sulfonamides is 1. The van der Waals surface area contributed by atoms with Gasteiger partial charge >= 0.3 is 7.12 Å². The van der Waals surface area contributed by atoms with Crippen LogP contribution in [-0.2, 0) is 19.3 Å². The molecule has 2 aliphatic rings. The fourth-order valence-electron chi connectivity index (χ4n) is 2.98. The van der Waals surface area contributed by atoms with Gasteiger partial charge in [-0.05, 0) is 51.7 Å². The molecule has 1 aromatic carbocycles. The van der Waals surface area contributed by atoms with E-state index in [1.807, 2.05) is 27.7 Å². The summed E-state index contributed by atoms with van der Waals surface area (Å²) in [4.78, 5) is 0.126. The molecule has 26 heavy (non-hydrogen) atoms. The molecule has 0 amide bonds. The van der Waals surface area contributed by atoms with E-state index in [0.29, 0.717) is 6.42 Å². The van der Waals surface area contributed by atoms with Gasteiger partial charge in [-0.15, -0.1) is 0 Å². The van der Waals surface area contributed by atoms with Gasteiger partial charge in [0.2, 0.25) is 10.0 Å². The summed E-state index contributed by atoms with van der Waals surface area (Å²) in [6.07, 6.45) is 0.424. The zero-order valence-electron chi connectivity index (χ0n) is 15.4. The van der Waals surface area contributed by atoms with Gasteiger partial charge in [0.1, 0.15) is 0 Å². The van der Waals surface area contributed by atoms with E-state index in [2.05, 4.69) is 4.72 Å². The lowest BCUT2D eigenvalue weighted by Gasteiger charge is -2.32. The lowest BCUT2D eigenvalue weighted by Crippen LogP contribution is -2.41. The van der Waals surface area contributed by atoms with Gasteiger partial charge < -0.3 is 9.31 Å². The first-order valence-corrected chi connectivity index (χ1v) is 11.9. The van der Waals surface area contributed by atoms with Crippen LogP contribution in [-0.4, -0.2) is 53.4 Å². The Balaban J connectivity index is 1.72. The van der Waals surface area contributed by atoms with Crippen LogP contribution in [0.2, 0.25) is 0 Å². The van der Waals surface area contributed by atoms with Gasteiger partial charge in [0.05, 0.1) is 21.9 Å². The van der Waals surface area contributed by atoms with Gasteiger partial charge in [-0.3, -0.25) is 9.11 Å². The number of nitrogens with one attached hydrogen (secondary N) is 1. The third kappa shape index (κ3) is 3.96. The second-order valence-electron chi connectivity index (χ2n) is 7.94. The molecule has 0 radical (unpaired) electrons. The number of rotatable bonds is 4. The summed E-state index contributed by atoms with van der Waals surface area (Å²) in [5.74, 6) is 0.305. The standard InChI is InChI=1S/C16H26BNO6S2/c1-15(2)16(3,4)24-17(23-15)12-5-7-14(8-6-12)26(21,22)18-13-9-10-25(19,20)11-13/h5-8,13,18-20H,9-11H2,1-4H3. The monoisotopic (exact) mass is 403 g/mol. The largest absolute Gasteiger partial charge is 0.494 e. The number of hydrogen-bond donors (Lipinski definition) is 3. The molecule has 0 spiro atoms. The quantitative estimate of drug-likeness (QED) is 0.662. The highest BCUT2D eigenvalue weighted by atomic mass is 32.3. The van der Waals surface area contributed by atoms with Crippen molar-refractivity contribution >= 4 is 33.2 Å². The Morgan fingerprint density at radius 2 is 1.65 bits per heavy atom. The summed E-state index contributed by atoms with van der Waals surface area (Å²) >= 11 is 0. The van der Waals surface area contributed by atoms with Crippen LogP contribution in [0.4, 0.5) is 0 Å². The molecule has 0 aliphatic carbocycles. The topological polar surface area (TPSA) is 105 Å². The minimum atomic E-state index is -3.72. The first kappa shape index (κ1) is 20.1. The van der Waals surface area contributed by atoms with Crippen molar-refractivity contribution in [1.82, 2.24) is 4.72 Å². The SMILES string of the molecule is CC1(C)OB(c2ccc(S(=O)(=O)NC3CCS(O)(O)C3)cc2)OC1(C)C. The average molecular weight is 403 g/mol. The zero-order valence-corrected chi connectivity index (χ0v) is 17.1. The molecule has 1 aromatic rings. The Hall–Kier alpha value is -0.615.